The molecule has 1 aliphatic rings. The number of nitrogens with one attached hydrogen (secondary N) is 1. The van der Waals surface area contributed by atoms with E-state index in [2.05, 4.69) is 25.1 Å². The summed E-state index contributed by atoms with van der Waals surface area (Å²) in [5.41, 5.74) is 0.761. The third kappa shape index (κ3) is 5.52. The van der Waals surface area contributed by atoms with Gasteiger partial charge in [0.1, 0.15) is 5.82 Å². The van der Waals surface area contributed by atoms with Crippen LogP contribution in [0.4, 0.5) is 14.6 Å². The number of benzene rings is 1. The summed E-state index contributed by atoms with van der Waals surface area (Å²) in [4.78, 5) is 13.2. The van der Waals surface area contributed by atoms with Crippen molar-refractivity contribution in [2.75, 3.05) is 44.7 Å². The quantitative estimate of drug-likeness (QED) is 0.396. The number of anilines is 1. The van der Waals surface area contributed by atoms with Crippen LogP contribution in [0, 0.1) is 11.6 Å². The Labute approximate surface area is 181 Å². The highest BCUT2D eigenvalue weighted by Gasteiger charge is 2.21. The molecule has 1 saturated heterocycles. The second-order valence-electron chi connectivity index (χ2n) is 6.66. The fraction of sp³-hybridized carbons (Fsp3) is 0.400. The van der Waals surface area contributed by atoms with Crippen LogP contribution in [0.15, 0.2) is 47.6 Å². The second-order valence-corrected chi connectivity index (χ2v) is 6.66. The highest BCUT2D eigenvalue weighted by atomic mass is 127. The molecule has 8 heteroatoms. The largest absolute Gasteiger partial charge is 0.356 e. The van der Waals surface area contributed by atoms with Crippen LogP contribution in [-0.4, -0.2) is 55.6 Å². The molecule has 5 nitrogen and oxygen atoms in total. The molecule has 0 spiro atoms. The molecule has 2 aromatic rings. The van der Waals surface area contributed by atoms with Gasteiger partial charge in [0.15, 0.2) is 17.6 Å². The molecule has 1 aromatic carbocycles. The first kappa shape index (κ1) is 22.3. The number of aromatic nitrogens is 1. The number of hydrogen-bond acceptors (Lipinski definition) is 3. The van der Waals surface area contributed by atoms with E-state index in [4.69, 9.17) is 0 Å². The lowest BCUT2D eigenvalue weighted by atomic mass is 10.0. The van der Waals surface area contributed by atoms with Crippen LogP contribution >= 0.6 is 24.0 Å². The minimum Gasteiger partial charge on any atom is -0.356 e. The maximum atomic E-state index is 13.4. The number of piperazine rings is 1. The fourth-order valence-electron chi connectivity index (χ4n) is 3.20. The Hall–Kier alpha value is -1.97. The third-order valence-corrected chi connectivity index (χ3v) is 4.84. The number of halogens is 3. The van der Waals surface area contributed by atoms with Gasteiger partial charge in [-0.05, 0) is 35.7 Å². The van der Waals surface area contributed by atoms with Gasteiger partial charge in [0, 0.05) is 46.0 Å². The lowest BCUT2D eigenvalue weighted by molar-refractivity contribution is 0.370. The molecule has 0 bridgehead atoms. The Kier molecular flexibility index (Phi) is 8.40. The molecule has 28 heavy (non-hydrogen) atoms. The Bertz CT molecular complexity index is 779. The van der Waals surface area contributed by atoms with Gasteiger partial charge in [-0.1, -0.05) is 19.1 Å². The molecule has 1 N–H and O–H groups in total. The van der Waals surface area contributed by atoms with Crippen LogP contribution in [0.1, 0.15) is 18.4 Å². The molecule has 0 aliphatic carbocycles. The molecular formula is C20H26F2IN5. The normalized spacial score (nSPS) is 15.8. The van der Waals surface area contributed by atoms with Gasteiger partial charge in [0.05, 0.1) is 0 Å². The minimum absolute atomic E-state index is 0. The van der Waals surface area contributed by atoms with E-state index in [0.717, 1.165) is 43.5 Å². The van der Waals surface area contributed by atoms with Crippen molar-refractivity contribution in [3.63, 3.8) is 0 Å². The monoisotopic (exact) mass is 501 g/mol. The zero-order valence-corrected chi connectivity index (χ0v) is 18.4. The highest BCUT2D eigenvalue weighted by Crippen LogP contribution is 2.18. The van der Waals surface area contributed by atoms with Crippen molar-refractivity contribution in [1.29, 1.82) is 0 Å². The minimum atomic E-state index is -0.819. The molecule has 3 rings (SSSR count). The van der Waals surface area contributed by atoms with Crippen LogP contribution in [-0.2, 0) is 0 Å². The molecule has 1 aliphatic heterocycles. The summed E-state index contributed by atoms with van der Waals surface area (Å²) in [7, 11) is 1.76. The molecule has 1 fully saturated rings. The maximum Gasteiger partial charge on any atom is 0.193 e. The first-order valence-corrected chi connectivity index (χ1v) is 9.15. The highest BCUT2D eigenvalue weighted by molar-refractivity contribution is 14.0. The molecule has 2 heterocycles. The summed E-state index contributed by atoms with van der Waals surface area (Å²) in [5, 5.41) is 3.35. The molecule has 1 atom stereocenters. The van der Waals surface area contributed by atoms with E-state index in [1.165, 1.54) is 12.1 Å². The molecule has 0 amide bonds. The van der Waals surface area contributed by atoms with Gasteiger partial charge < -0.3 is 15.1 Å². The summed E-state index contributed by atoms with van der Waals surface area (Å²) in [5.74, 6) is 0.221. The standard InChI is InChI=1S/C20H25F2N5.HI/c1-15(16-6-7-17(21)18(22)13-16)14-25-20(23-2)27-11-9-26(10-12-27)19-5-3-4-8-24-19;/h3-8,13,15H,9-12,14H2,1-2H3,(H,23,25);1H. The average Bonchev–Trinajstić information content (AvgIpc) is 2.71. The van der Waals surface area contributed by atoms with Crippen LogP contribution in [0.25, 0.3) is 0 Å². The molecule has 1 unspecified atom stereocenters. The van der Waals surface area contributed by atoms with E-state index in [9.17, 15) is 8.78 Å². The van der Waals surface area contributed by atoms with E-state index < -0.39 is 11.6 Å². The molecular weight excluding hydrogens is 475 g/mol. The third-order valence-electron chi connectivity index (χ3n) is 4.84. The van der Waals surface area contributed by atoms with Crippen molar-refractivity contribution in [2.24, 2.45) is 4.99 Å². The topological polar surface area (TPSA) is 43.8 Å². The van der Waals surface area contributed by atoms with Gasteiger partial charge in [-0.2, -0.15) is 0 Å². The Morgan fingerprint density at radius 2 is 1.89 bits per heavy atom. The number of nitrogens with zero attached hydrogens (tertiary/aromatic N) is 4. The maximum absolute atomic E-state index is 13.4. The van der Waals surface area contributed by atoms with Crippen molar-refractivity contribution in [1.82, 2.24) is 15.2 Å². The van der Waals surface area contributed by atoms with Gasteiger partial charge in [-0.25, -0.2) is 13.8 Å². The first-order valence-electron chi connectivity index (χ1n) is 9.15. The fourth-order valence-corrected chi connectivity index (χ4v) is 3.20. The summed E-state index contributed by atoms with van der Waals surface area (Å²) < 4.78 is 26.5. The zero-order chi connectivity index (χ0) is 19.2. The van der Waals surface area contributed by atoms with E-state index in [-0.39, 0.29) is 29.9 Å². The SMILES string of the molecule is CN=C(NCC(C)c1ccc(F)c(F)c1)N1CCN(c2ccccn2)CC1.I. The predicted octanol–water partition coefficient (Wildman–Crippen LogP) is 3.48. The summed E-state index contributed by atoms with van der Waals surface area (Å²) in [6, 6.07) is 9.99. The van der Waals surface area contributed by atoms with Gasteiger partial charge in [-0.3, -0.25) is 4.99 Å². The Morgan fingerprint density at radius 3 is 2.50 bits per heavy atom. The lowest BCUT2D eigenvalue weighted by Crippen LogP contribution is -2.53. The second kappa shape index (κ2) is 10.5. The molecule has 0 radical (unpaired) electrons. The van der Waals surface area contributed by atoms with E-state index >= 15 is 0 Å². The van der Waals surface area contributed by atoms with Gasteiger partial charge in [-0.15, -0.1) is 24.0 Å². The summed E-state index contributed by atoms with van der Waals surface area (Å²) >= 11 is 0. The number of guanidine groups is 1. The van der Waals surface area contributed by atoms with Crippen molar-refractivity contribution in [3.05, 3.63) is 59.8 Å². The zero-order valence-electron chi connectivity index (χ0n) is 16.1. The number of aliphatic imine (C=N–C) groups is 1. The van der Waals surface area contributed by atoms with Gasteiger partial charge in [0.25, 0.3) is 0 Å². The van der Waals surface area contributed by atoms with Gasteiger partial charge in [0.2, 0.25) is 0 Å². The molecule has 152 valence electrons. The molecule has 0 saturated carbocycles. The number of hydrogen-bond donors (Lipinski definition) is 1. The van der Waals surface area contributed by atoms with Crippen LogP contribution in [0.2, 0.25) is 0 Å². The molecule has 1 aromatic heterocycles. The average molecular weight is 501 g/mol. The van der Waals surface area contributed by atoms with Crippen molar-refractivity contribution in [2.45, 2.75) is 12.8 Å². The Balaban J connectivity index is 0.00000280. The van der Waals surface area contributed by atoms with Crippen LogP contribution in [0.3, 0.4) is 0 Å². The van der Waals surface area contributed by atoms with Crippen molar-refractivity contribution >= 4 is 35.8 Å². The smallest absolute Gasteiger partial charge is 0.193 e. The van der Waals surface area contributed by atoms with Crippen molar-refractivity contribution < 1.29 is 8.78 Å². The van der Waals surface area contributed by atoms with E-state index in [1.807, 2.05) is 31.3 Å². The lowest BCUT2D eigenvalue weighted by Gasteiger charge is -2.37. The van der Waals surface area contributed by atoms with E-state index in [1.54, 1.807) is 13.1 Å². The Morgan fingerprint density at radius 1 is 1.14 bits per heavy atom. The first-order chi connectivity index (χ1) is 13.1. The van der Waals surface area contributed by atoms with Gasteiger partial charge >= 0.3 is 0 Å². The summed E-state index contributed by atoms with van der Waals surface area (Å²) in [6.45, 7) is 6.00. The van der Waals surface area contributed by atoms with E-state index in [0.29, 0.717) is 6.54 Å². The van der Waals surface area contributed by atoms with Crippen molar-refractivity contribution in [3.8, 4) is 0 Å². The summed E-state index contributed by atoms with van der Waals surface area (Å²) in [6.07, 6.45) is 1.81. The number of pyridine rings is 1. The predicted molar refractivity (Wildman–Crippen MR) is 120 cm³/mol. The van der Waals surface area contributed by atoms with Crippen LogP contribution in [0.5, 0.6) is 0 Å². The number of rotatable bonds is 4. The van der Waals surface area contributed by atoms with Crippen LogP contribution < -0.4 is 10.2 Å².